The fraction of sp³-hybridized carbons (Fsp3) is 0.100. The summed E-state index contributed by atoms with van der Waals surface area (Å²) in [4.78, 5) is 14.9. The zero-order valence-electron chi connectivity index (χ0n) is 15.6. The van der Waals surface area contributed by atoms with Crippen LogP contribution in [0.4, 0.5) is 0 Å². The molecule has 0 aliphatic heterocycles. The molecule has 2 aromatic carbocycles. The first-order valence-electron chi connectivity index (χ1n) is 8.31. The van der Waals surface area contributed by atoms with E-state index < -0.39 is 15.6 Å². The molecule has 0 bridgehead atoms. The minimum atomic E-state index is -4.05. The second-order valence-corrected chi connectivity index (χ2v) is 7.58. The van der Waals surface area contributed by atoms with Gasteiger partial charge in [-0.3, -0.25) is 4.79 Å². The van der Waals surface area contributed by atoms with Crippen LogP contribution in [0.25, 0.3) is 22.4 Å². The van der Waals surface area contributed by atoms with Gasteiger partial charge in [0.25, 0.3) is 5.56 Å². The van der Waals surface area contributed by atoms with Crippen LogP contribution in [0.15, 0.2) is 58.2 Å². The Morgan fingerprint density at radius 2 is 1.66 bits per heavy atom. The van der Waals surface area contributed by atoms with E-state index in [9.17, 15) is 18.5 Å². The van der Waals surface area contributed by atoms with E-state index in [4.69, 9.17) is 14.6 Å². The van der Waals surface area contributed by atoms with Crippen LogP contribution in [0.5, 0.6) is 11.5 Å². The number of methoxy groups -OCH3 is 2. The van der Waals surface area contributed by atoms with Gasteiger partial charge in [0.1, 0.15) is 28.0 Å². The molecular formula is C20H17N3O5S. The van der Waals surface area contributed by atoms with Crippen molar-refractivity contribution in [3.63, 3.8) is 0 Å². The zero-order valence-corrected chi connectivity index (χ0v) is 16.4. The SMILES string of the molecule is COc1ccc(-c2cc(-c3ccc(OC)c(S(N)(=O)=O)c3)[nH]c(=O)c2C#N)cc1. The number of benzene rings is 2. The third-order valence-corrected chi connectivity index (χ3v) is 5.26. The predicted molar refractivity (Wildman–Crippen MR) is 107 cm³/mol. The third-order valence-electron chi connectivity index (χ3n) is 4.33. The highest BCUT2D eigenvalue weighted by Crippen LogP contribution is 2.31. The molecule has 29 heavy (non-hydrogen) atoms. The lowest BCUT2D eigenvalue weighted by Gasteiger charge is -2.11. The first-order valence-corrected chi connectivity index (χ1v) is 9.86. The molecule has 0 radical (unpaired) electrons. The van der Waals surface area contributed by atoms with E-state index in [-0.39, 0.29) is 16.2 Å². The second-order valence-electron chi connectivity index (χ2n) is 6.05. The van der Waals surface area contributed by atoms with Gasteiger partial charge in [-0.15, -0.1) is 0 Å². The minimum absolute atomic E-state index is 0.0564. The Morgan fingerprint density at radius 3 is 2.21 bits per heavy atom. The van der Waals surface area contributed by atoms with Gasteiger partial charge in [-0.2, -0.15) is 5.26 Å². The lowest BCUT2D eigenvalue weighted by molar-refractivity contribution is 0.403. The van der Waals surface area contributed by atoms with Crippen LogP contribution in [-0.2, 0) is 10.0 Å². The fourth-order valence-corrected chi connectivity index (χ4v) is 3.61. The first kappa shape index (κ1) is 20.1. The van der Waals surface area contributed by atoms with Gasteiger partial charge < -0.3 is 14.5 Å². The molecule has 0 saturated heterocycles. The number of nitriles is 1. The van der Waals surface area contributed by atoms with Crippen molar-refractivity contribution in [1.29, 1.82) is 5.26 Å². The monoisotopic (exact) mass is 411 g/mol. The number of rotatable bonds is 5. The molecule has 3 aromatic rings. The van der Waals surface area contributed by atoms with E-state index >= 15 is 0 Å². The number of primary sulfonamides is 1. The van der Waals surface area contributed by atoms with E-state index in [1.54, 1.807) is 36.4 Å². The van der Waals surface area contributed by atoms with Crippen molar-refractivity contribution in [3.05, 3.63) is 64.4 Å². The number of H-pyrrole nitrogens is 1. The summed E-state index contributed by atoms with van der Waals surface area (Å²) in [5.74, 6) is 0.716. The maximum Gasteiger partial charge on any atom is 0.266 e. The number of nitrogens with zero attached hydrogens (tertiary/aromatic N) is 1. The molecule has 0 fully saturated rings. The Kier molecular flexibility index (Phi) is 5.41. The Hall–Kier alpha value is -3.61. The predicted octanol–water partition coefficient (Wildman–Crippen LogP) is 2.25. The van der Waals surface area contributed by atoms with Crippen molar-refractivity contribution < 1.29 is 17.9 Å². The molecule has 0 unspecified atom stereocenters. The van der Waals surface area contributed by atoms with E-state index in [0.29, 0.717) is 28.1 Å². The van der Waals surface area contributed by atoms with Gasteiger partial charge in [0, 0.05) is 11.3 Å². The van der Waals surface area contributed by atoms with Crippen LogP contribution in [0.2, 0.25) is 0 Å². The summed E-state index contributed by atoms with van der Waals surface area (Å²) in [5, 5.41) is 14.7. The van der Waals surface area contributed by atoms with Gasteiger partial charge in [-0.1, -0.05) is 12.1 Å². The zero-order chi connectivity index (χ0) is 21.2. The summed E-state index contributed by atoms with van der Waals surface area (Å²) in [5.41, 5.74) is 1.11. The van der Waals surface area contributed by atoms with Crippen molar-refractivity contribution in [2.24, 2.45) is 5.14 Å². The number of hydrogen-bond donors (Lipinski definition) is 2. The van der Waals surface area contributed by atoms with Gasteiger partial charge in [-0.05, 0) is 47.5 Å². The minimum Gasteiger partial charge on any atom is -0.497 e. The number of hydrogen-bond acceptors (Lipinski definition) is 6. The van der Waals surface area contributed by atoms with Gasteiger partial charge in [0.15, 0.2) is 0 Å². The average Bonchev–Trinajstić information content (AvgIpc) is 2.72. The Bertz CT molecular complexity index is 1270. The molecule has 148 valence electrons. The summed E-state index contributed by atoms with van der Waals surface area (Å²) >= 11 is 0. The lowest BCUT2D eigenvalue weighted by Crippen LogP contribution is -2.15. The maximum absolute atomic E-state index is 12.5. The molecule has 3 N–H and O–H groups in total. The number of pyridine rings is 1. The van der Waals surface area contributed by atoms with E-state index in [0.717, 1.165) is 0 Å². The highest BCUT2D eigenvalue weighted by Gasteiger charge is 2.18. The van der Waals surface area contributed by atoms with Crippen molar-refractivity contribution in [2.45, 2.75) is 4.90 Å². The Balaban J connectivity index is 2.23. The molecule has 9 heteroatoms. The van der Waals surface area contributed by atoms with Crippen LogP contribution >= 0.6 is 0 Å². The first-order chi connectivity index (χ1) is 13.8. The number of aromatic amines is 1. The Labute approximate surface area is 167 Å². The summed E-state index contributed by atoms with van der Waals surface area (Å²) in [6, 6.07) is 14.7. The fourth-order valence-electron chi connectivity index (χ4n) is 2.89. The topological polar surface area (TPSA) is 135 Å². The quantitative estimate of drug-likeness (QED) is 0.661. The second kappa shape index (κ2) is 7.79. The number of aromatic nitrogens is 1. The summed E-state index contributed by atoms with van der Waals surface area (Å²) in [7, 11) is -1.19. The summed E-state index contributed by atoms with van der Waals surface area (Å²) in [6.07, 6.45) is 0. The van der Waals surface area contributed by atoms with Crippen molar-refractivity contribution in [3.8, 4) is 40.0 Å². The molecular weight excluding hydrogens is 394 g/mol. The van der Waals surface area contributed by atoms with Crippen LogP contribution in [0.3, 0.4) is 0 Å². The van der Waals surface area contributed by atoms with Gasteiger partial charge in [0.2, 0.25) is 10.0 Å². The number of nitrogens with two attached hydrogens (primary N) is 1. The molecule has 1 heterocycles. The van der Waals surface area contributed by atoms with Gasteiger partial charge in [0.05, 0.1) is 14.2 Å². The largest absolute Gasteiger partial charge is 0.497 e. The maximum atomic E-state index is 12.5. The van der Waals surface area contributed by atoms with E-state index in [1.807, 2.05) is 6.07 Å². The molecule has 8 nitrogen and oxygen atoms in total. The average molecular weight is 411 g/mol. The molecule has 0 amide bonds. The van der Waals surface area contributed by atoms with Crippen molar-refractivity contribution in [2.75, 3.05) is 14.2 Å². The third kappa shape index (κ3) is 3.99. The normalized spacial score (nSPS) is 11.0. The summed E-state index contributed by atoms with van der Waals surface area (Å²) < 4.78 is 34.0. The number of nitrogens with one attached hydrogen (secondary N) is 1. The molecule has 3 rings (SSSR count). The molecule has 0 saturated carbocycles. The lowest BCUT2D eigenvalue weighted by atomic mass is 9.99. The van der Waals surface area contributed by atoms with Crippen molar-refractivity contribution >= 4 is 10.0 Å². The highest BCUT2D eigenvalue weighted by atomic mass is 32.2. The van der Waals surface area contributed by atoms with Crippen LogP contribution < -0.4 is 20.2 Å². The highest BCUT2D eigenvalue weighted by molar-refractivity contribution is 7.89. The molecule has 0 aliphatic carbocycles. The molecule has 0 atom stereocenters. The van der Waals surface area contributed by atoms with Gasteiger partial charge >= 0.3 is 0 Å². The molecule has 0 aliphatic rings. The van der Waals surface area contributed by atoms with Gasteiger partial charge in [-0.25, -0.2) is 13.6 Å². The number of sulfonamides is 1. The van der Waals surface area contributed by atoms with Crippen LogP contribution in [0, 0.1) is 11.3 Å². The smallest absolute Gasteiger partial charge is 0.266 e. The van der Waals surface area contributed by atoms with E-state index in [2.05, 4.69) is 4.98 Å². The number of ether oxygens (including phenoxy) is 2. The van der Waals surface area contributed by atoms with Crippen LogP contribution in [-0.4, -0.2) is 27.6 Å². The summed E-state index contributed by atoms with van der Waals surface area (Å²) in [6.45, 7) is 0. The standard InChI is InChI=1S/C20H17N3O5S/c1-27-14-6-3-12(4-7-14)15-10-17(23-20(24)16(15)11-21)13-5-8-18(28-2)19(9-13)29(22,25)26/h3-10H,1-2H3,(H,23,24)(H2,22,25,26). The van der Waals surface area contributed by atoms with Crippen LogP contribution in [0.1, 0.15) is 5.56 Å². The van der Waals surface area contributed by atoms with Crippen molar-refractivity contribution in [1.82, 2.24) is 4.98 Å². The molecule has 1 aromatic heterocycles. The Morgan fingerprint density at radius 1 is 1.00 bits per heavy atom. The molecule has 0 spiro atoms. The van der Waals surface area contributed by atoms with E-state index in [1.165, 1.54) is 26.4 Å².